The van der Waals surface area contributed by atoms with Crippen LogP contribution in [0.2, 0.25) is 0 Å². The van der Waals surface area contributed by atoms with E-state index in [4.69, 9.17) is 9.47 Å². The highest BCUT2D eigenvalue weighted by Crippen LogP contribution is 2.51. The normalized spacial score (nSPS) is 22.4. The van der Waals surface area contributed by atoms with Crippen molar-refractivity contribution in [1.29, 1.82) is 0 Å². The lowest BCUT2D eigenvalue weighted by atomic mass is 9.84. The van der Waals surface area contributed by atoms with Crippen LogP contribution in [0.4, 0.5) is 13.2 Å². The van der Waals surface area contributed by atoms with Gasteiger partial charge in [0.2, 0.25) is 0 Å². The number of hydrogen-bond acceptors (Lipinski definition) is 6. The van der Waals surface area contributed by atoms with E-state index in [1.807, 2.05) is 19.3 Å². The summed E-state index contributed by atoms with van der Waals surface area (Å²) < 4.78 is 55.3. The van der Waals surface area contributed by atoms with Gasteiger partial charge in [0.15, 0.2) is 11.0 Å². The summed E-state index contributed by atoms with van der Waals surface area (Å²) in [6.45, 7) is 3.28. The molecule has 10 heteroatoms. The number of halogens is 3. The van der Waals surface area contributed by atoms with Crippen LogP contribution < -0.4 is 0 Å². The summed E-state index contributed by atoms with van der Waals surface area (Å²) >= 11 is 0.793. The van der Waals surface area contributed by atoms with Gasteiger partial charge in [-0.2, -0.15) is 18.3 Å². The van der Waals surface area contributed by atoms with Gasteiger partial charge in [-0.05, 0) is 32.3 Å². The van der Waals surface area contributed by atoms with Crippen LogP contribution in [0, 0.1) is 12.1 Å². The smallest absolute Gasteiger partial charge is 0.297 e. The molecule has 0 N–H and O–H groups in total. The lowest BCUT2D eigenvalue weighted by molar-refractivity contribution is -0.182. The molecule has 0 saturated carbocycles. The van der Waals surface area contributed by atoms with Gasteiger partial charge in [0.25, 0.3) is 5.92 Å². The highest BCUT2D eigenvalue weighted by Gasteiger charge is 2.51. The second-order valence-electron chi connectivity index (χ2n) is 8.54. The van der Waals surface area contributed by atoms with Crippen LogP contribution >= 0.6 is 11.3 Å². The SMILES string of the molecule is COC1=C(n2cc(CN3CCC4(CC3)OCC(F)(F)c3cc(F)sc34)c(C)n2)N=CCC1. The molecule has 0 bridgehead atoms. The zero-order valence-electron chi connectivity index (χ0n) is 18.0. The van der Waals surface area contributed by atoms with Crippen LogP contribution in [-0.4, -0.2) is 47.7 Å². The maximum absolute atomic E-state index is 14.2. The molecule has 1 fully saturated rings. The molecule has 0 aromatic carbocycles. The molecule has 3 aliphatic rings. The van der Waals surface area contributed by atoms with E-state index < -0.39 is 23.3 Å². The Balaban J connectivity index is 1.31. The first-order valence-corrected chi connectivity index (χ1v) is 11.5. The number of nitrogens with zero attached hydrogens (tertiary/aromatic N) is 4. The van der Waals surface area contributed by atoms with Crippen molar-refractivity contribution in [2.45, 2.75) is 50.7 Å². The van der Waals surface area contributed by atoms with Crippen LogP contribution in [0.25, 0.3) is 5.82 Å². The first-order chi connectivity index (χ1) is 15.3. The Hall–Kier alpha value is -2.17. The Morgan fingerprint density at radius 1 is 1.28 bits per heavy atom. The van der Waals surface area contributed by atoms with Crippen molar-refractivity contribution in [2.75, 3.05) is 26.8 Å². The minimum Gasteiger partial charge on any atom is -0.497 e. The van der Waals surface area contributed by atoms with Gasteiger partial charge in [-0.15, -0.1) is 11.3 Å². The zero-order chi connectivity index (χ0) is 22.5. The van der Waals surface area contributed by atoms with Crippen LogP contribution in [0.1, 0.15) is 47.4 Å². The maximum atomic E-state index is 14.2. The van der Waals surface area contributed by atoms with Gasteiger partial charge in [0.05, 0.1) is 12.8 Å². The minimum atomic E-state index is -3.14. The number of thiophene rings is 1. The number of likely N-dealkylation sites (tertiary alicyclic amines) is 1. The number of hydrogen-bond donors (Lipinski definition) is 0. The molecule has 0 amide bonds. The molecule has 5 heterocycles. The molecular formula is C22H25F3N4O2S. The fourth-order valence-electron chi connectivity index (χ4n) is 4.70. The maximum Gasteiger partial charge on any atom is 0.297 e. The summed E-state index contributed by atoms with van der Waals surface area (Å²) in [7, 11) is 1.64. The summed E-state index contributed by atoms with van der Waals surface area (Å²) in [6.07, 6.45) is 6.58. The number of fused-ring (bicyclic) bond motifs is 2. The van der Waals surface area contributed by atoms with Gasteiger partial charge in [-0.25, -0.2) is 9.67 Å². The Bertz CT molecular complexity index is 1080. The van der Waals surface area contributed by atoms with Crippen molar-refractivity contribution in [2.24, 2.45) is 4.99 Å². The molecule has 3 aliphatic heterocycles. The molecule has 0 aliphatic carbocycles. The summed E-state index contributed by atoms with van der Waals surface area (Å²) in [5.41, 5.74) is 0.956. The lowest BCUT2D eigenvalue weighted by Gasteiger charge is -2.45. The second-order valence-corrected chi connectivity index (χ2v) is 9.54. The summed E-state index contributed by atoms with van der Waals surface area (Å²) in [4.78, 5) is 7.06. The number of aliphatic imine (C=N–C) groups is 1. The predicted octanol–water partition coefficient (Wildman–Crippen LogP) is 4.64. The van der Waals surface area contributed by atoms with Gasteiger partial charge < -0.3 is 9.47 Å². The number of alkyl halides is 2. The van der Waals surface area contributed by atoms with Crippen LogP contribution in [-0.2, 0) is 27.5 Å². The van der Waals surface area contributed by atoms with Crippen LogP contribution in [0.3, 0.4) is 0 Å². The van der Waals surface area contributed by atoms with E-state index in [1.165, 1.54) is 0 Å². The number of rotatable bonds is 4. The van der Waals surface area contributed by atoms with Crippen molar-refractivity contribution in [3.63, 3.8) is 0 Å². The fourth-order valence-corrected chi connectivity index (χ4v) is 5.84. The van der Waals surface area contributed by atoms with Gasteiger partial charge in [-0.3, -0.25) is 4.90 Å². The van der Waals surface area contributed by atoms with E-state index in [-0.39, 0.29) is 5.56 Å². The van der Waals surface area contributed by atoms with E-state index in [2.05, 4.69) is 15.0 Å². The van der Waals surface area contributed by atoms with Gasteiger partial charge in [0.1, 0.15) is 18.0 Å². The third-order valence-electron chi connectivity index (χ3n) is 6.52. The summed E-state index contributed by atoms with van der Waals surface area (Å²) in [5.74, 6) is -1.62. The van der Waals surface area contributed by atoms with E-state index in [0.717, 1.165) is 47.3 Å². The van der Waals surface area contributed by atoms with Crippen molar-refractivity contribution in [1.82, 2.24) is 14.7 Å². The third kappa shape index (κ3) is 3.68. The fraction of sp³-hybridized carbons (Fsp3) is 0.545. The standard InChI is InChI=1S/C22H25F3N4O2S/c1-14-15(12-29(27-14)20-17(30-2)4-3-7-26-20)11-28-8-5-21(6-9-28)19-16(10-18(23)32-19)22(24,25)13-31-21/h7,10,12H,3-6,8-9,11,13H2,1-2H3. The number of allylic oxidation sites excluding steroid dienone is 1. The van der Waals surface area contributed by atoms with Gasteiger partial charge in [0, 0.05) is 54.5 Å². The molecule has 5 rings (SSSR count). The van der Waals surface area contributed by atoms with Crippen LogP contribution in [0.15, 0.2) is 23.0 Å². The largest absolute Gasteiger partial charge is 0.497 e. The van der Waals surface area contributed by atoms with Crippen LogP contribution in [0.5, 0.6) is 0 Å². The van der Waals surface area contributed by atoms with E-state index in [0.29, 0.717) is 43.2 Å². The van der Waals surface area contributed by atoms with Crippen molar-refractivity contribution < 1.29 is 22.6 Å². The number of methoxy groups -OCH3 is 1. The molecule has 2 aromatic rings. The molecule has 1 spiro atoms. The highest BCUT2D eigenvalue weighted by atomic mass is 32.1. The number of aryl methyl sites for hydroxylation is 1. The minimum absolute atomic E-state index is 0.202. The molecule has 2 aromatic heterocycles. The molecule has 0 unspecified atom stereocenters. The molecule has 0 radical (unpaired) electrons. The average molecular weight is 467 g/mol. The monoisotopic (exact) mass is 466 g/mol. The quantitative estimate of drug-likeness (QED) is 0.659. The second kappa shape index (κ2) is 8.00. The van der Waals surface area contributed by atoms with Gasteiger partial charge in [-0.1, -0.05) is 0 Å². The first-order valence-electron chi connectivity index (χ1n) is 10.7. The Kier molecular flexibility index (Phi) is 5.42. The molecular weight excluding hydrogens is 441 g/mol. The van der Waals surface area contributed by atoms with E-state index in [1.54, 1.807) is 11.8 Å². The molecule has 32 heavy (non-hydrogen) atoms. The zero-order valence-corrected chi connectivity index (χ0v) is 18.9. The number of piperidine rings is 1. The lowest BCUT2D eigenvalue weighted by Crippen LogP contribution is -2.48. The third-order valence-corrected chi connectivity index (χ3v) is 7.63. The topological polar surface area (TPSA) is 51.9 Å². The Labute approximate surface area is 188 Å². The number of ether oxygens (including phenoxy) is 2. The molecule has 172 valence electrons. The Morgan fingerprint density at radius 3 is 2.81 bits per heavy atom. The van der Waals surface area contributed by atoms with Crippen molar-refractivity contribution in [3.05, 3.63) is 44.9 Å². The molecule has 0 atom stereocenters. The molecule has 1 saturated heterocycles. The van der Waals surface area contributed by atoms with Crippen molar-refractivity contribution in [3.8, 4) is 0 Å². The summed E-state index contributed by atoms with van der Waals surface area (Å²) in [6, 6.07) is 0.977. The Morgan fingerprint density at radius 2 is 2.06 bits per heavy atom. The summed E-state index contributed by atoms with van der Waals surface area (Å²) in [5, 5.41) is 4.04. The first kappa shape index (κ1) is 21.7. The predicted molar refractivity (Wildman–Crippen MR) is 115 cm³/mol. The van der Waals surface area contributed by atoms with Gasteiger partial charge >= 0.3 is 0 Å². The highest BCUT2D eigenvalue weighted by molar-refractivity contribution is 7.10. The molecule has 6 nitrogen and oxygen atoms in total. The van der Waals surface area contributed by atoms with Crippen molar-refractivity contribution >= 4 is 23.4 Å². The number of aromatic nitrogens is 2. The van der Waals surface area contributed by atoms with E-state index in [9.17, 15) is 13.2 Å². The van der Waals surface area contributed by atoms with E-state index >= 15 is 0 Å². The average Bonchev–Trinajstić information content (AvgIpc) is 3.37.